The Hall–Kier alpha value is -2.95. The lowest BCUT2D eigenvalue weighted by molar-refractivity contribution is 0.0769. The van der Waals surface area contributed by atoms with Gasteiger partial charge in [0.15, 0.2) is 0 Å². The van der Waals surface area contributed by atoms with Crippen molar-refractivity contribution >= 4 is 22.5 Å². The van der Waals surface area contributed by atoms with Gasteiger partial charge in [-0.05, 0) is 50.6 Å². The van der Waals surface area contributed by atoms with E-state index in [1.54, 1.807) is 6.07 Å². The van der Waals surface area contributed by atoms with E-state index in [4.69, 9.17) is 0 Å². The van der Waals surface area contributed by atoms with Crippen LogP contribution in [0.1, 0.15) is 28.0 Å². The molecule has 3 aromatic rings. The summed E-state index contributed by atoms with van der Waals surface area (Å²) >= 11 is 0. The summed E-state index contributed by atoms with van der Waals surface area (Å²) < 4.78 is 13.6. The molecule has 2 heterocycles. The molecular weight excluding hydrogens is 353 g/mol. The molecule has 0 N–H and O–H groups in total. The minimum atomic E-state index is -0.340. The van der Waals surface area contributed by atoms with Crippen LogP contribution < -0.4 is 4.90 Å². The summed E-state index contributed by atoms with van der Waals surface area (Å²) in [6.45, 7) is 7.02. The Bertz CT molecular complexity index is 1010. The van der Waals surface area contributed by atoms with Crippen LogP contribution in [0.2, 0.25) is 0 Å². The number of halogens is 1. The molecule has 0 spiro atoms. The van der Waals surface area contributed by atoms with Crippen molar-refractivity contribution in [3.05, 3.63) is 71.2 Å². The second kappa shape index (κ2) is 7.58. The minimum Gasteiger partial charge on any atom is -0.370 e. The van der Waals surface area contributed by atoms with Gasteiger partial charge in [-0.1, -0.05) is 17.7 Å². The first-order chi connectivity index (χ1) is 13.5. The first-order valence-electron chi connectivity index (χ1n) is 9.69. The Morgan fingerprint density at radius 2 is 1.75 bits per heavy atom. The van der Waals surface area contributed by atoms with Gasteiger partial charge >= 0.3 is 0 Å². The first kappa shape index (κ1) is 18.4. The van der Waals surface area contributed by atoms with E-state index >= 15 is 0 Å². The maximum Gasteiger partial charge on any atom is 0.254 e. The third kappa shape index (κ3) is 3.70. The molecule has 4 nitrogen and oxygen atoms in total. The Kier molecular flexibility index (Phi) is 4.99. The second-order valence-electron chi connectivity index (χ2n) is 7.44. The lowest BCUT2D eigenvalue weighted by Crippen LogP contribution is -2.35. The van der Waals surface area contributed by atoms with Crippen molar-refractivity contribution in [1.29, 1.82) is 0 Å². The van der Waals surface area contributed by atoms with Crippen LogP contribution >= 0.6 is 0 Å². The van der Waals surface area contributed by atoms with Crippen molar-refractivity contribution < 1.29 is 9.18 Å². The smallest absolute Gasteiger partial charge is 0.254 e. The molecule has 1 aromatic heterocycles. The molecule has 1 fully saturated rings. The maximum atomic E-state index is 13.6. The zero-order chi connectivity index (χ0) is 19.7. The highest BCUT2D eigenvalue weighted by Gasteiger charge is 2.22. The number of benzene rings is 2. The molecule has 2 aromatic carbocycles. The number of hydrogen-bond donors (Lipinski definition) is 0. The predicted molar refractivity (Wildman–Crippen MR) is 110 cm³/mol. The number of nitrogens with zero attached hydrogens (tertiary/aromatic N) is 3. The van der Waals surface area contributed by atoms with E-state index in [1.165, 1.54) is 23.4 Å². The number of carbonyl (C=O) groups is 1. The van der Waals surface area contributed by atoms with Gasteiger partial charge in [-0.25, -0.2) is 4.39 Å². The summed E-state index contributed by atoms with van der Waals surface area (Å²) in [5, 5.41) is 0.705. The van der Waals surface area contributed by atoms with E-state index < -0.39 is 0 Å². The highest BCUT2D eigenvalue weighted by molar-refractivity contribution is 6.06. The molecule has 1 aliphatic rings. The minimum absolute atomic E-state index is 0.00661. The number of carbonyl (C=O) groups excluding carboxylic acids is 1. The summed E-state index contributed by atoms with van der Waals surface area (Å²) in [7, 11) is 0. The van der Waals surface area contributed by atoms with Gasteiger partial charge in [-0.3, -0.25) is 9.78 Å². The fourth-order valence-corrected chi connectivity index (χ4v) is 3.82. The molecule has 0 aliphatic carbocycles. The summed E-state index contributed by atoms with van der Waals surface area (Å²) in [5.74, 6) is -0.347. The van der Waals surface area contributed by atoms with Crippen LogP contribution in [-0.4, -0.2) is 42.0 Å². The van der Waals surface area contributed by atoms with E-state index in [0.29, 0.717) is 29.6 Å². The van der Waals surface area contributed by atoms with Crippen molar-refractivity contribution in [2.24, 2.45) is 0 Å². The molecule has 28 heavy (non-hydrogen) atoms. The average Bonchev–Trinajstić information content (AvgIpc) is 2.93. The fourth-order valence-electron chi connectivity index (χ4n) is 3.82. The number of pyridine rings is 1. The number of anilines is 1. The molecule has 0 atom stereocenters. The van der Waals surface area contributed by atoms with Crippen molar-refractivity contribution in [1.82, 2.24) is 9.88 Å². The standard InChI is InChI=1S/C23H24FN3O/c1-16-4-7-19(8-5-16)26-10-3-11-27(13-12-26)23(28)21-14-17(2)25-22-15-18(24)6-9-20(21)22/h4-9,14-15H,3,10-13H2,1-2H3. The summed E-state index contributed by atoms with van der Waals surface area (Å²) in [6, 6.07) is 14.8. The van der Waals surface area contributed by atoms with Crippen molar-refractivity contribution in [3.8, 4) is 0 Å². The highest BCUT2D eigenvalue weighted by Crippen LogP contribution is 2.23. The molecule has 1 aliphatic heterocycles. The van der Waals surface area contributed by atoms with Crippen LogP contribution in [0.5, 0.6) is 0 Å². The zero-order valence-corrected chi connectivity index (χ0v) is 16.3. The van der Waals surface area contributed by atoms with Gasteiger partial charge in [-0.15, -0.1) is 0 Å². The SMILES string of the molecule is Cc1ccc(N2CCCN(C(=O)c3cc(C)nc4cc(F)ccc34)CC2)cc1. The van der Waals surface area contributed by atoms with E-state index in [2.05, 4.69) is 41.1 Å². The zero-order valence-electron chi connectivity index (χ0n) is 16.3. The number of fused-ring (bicyclic) bond motifs is 1. The maximum absolute atomic E-state index is 13.6. The first-order valence-corrected chi connectivity index (χ1v) is 9.69. The molecular formula is C23H24FN3O. The molecule has 1 amide bonds. The number of aryl methyl sites for hydroxylation is 2. The molecule has 0 bridgehead atoms. The Morgan fingerprint density at radius 3 is 2.54 bits per heavy atom. The monoisotopic (exact) mass is 377 g/mol. The average molecular weight is 377 g/mol. The Labute approximate surface area is 164 Å². The fraction of sp³-hybridized carbons (Fsp3) is 0.304. The summed E-state index contributed by atoms with van der Waals surface area (Å²) in [6.07, 6.45) is 0.913. The molecule has 0 radical (unpaired) electrons. The van der Waals surface area contributed by atoms with Gasteiger partial charge in [0.05, 0.1) is 11.1 Å². The van der Waals surface area contributed by atoms with Crippen molar-refractivity contribution in [2.75, 3.05) is 31.1 Å². The van der Waals surface area contributed by atoms with Crippen LogP contribution in [0.3, 0.4) is 0 Å². The van der Waals surface area contributed by atoms with E-state index in [9.17, 15) is 9.18 Å². The molecule has 0 unspecified atom stereocenters. The van der Waals surface area contributed by atoms with Crippen LogP contribution in [0.25, 0.3) is 10.9 Å². The number of hydrogen-bond acceptors (Lipinski definition) is 3. The summed E-state index contributed by atoms with van der Waals surface area (Å²) in [4.78, 5) is 21.9. The van der Waals surface area contributed by atoms with Crippen molar-refractivity contribution in [3.63, 3.8) is 0 Å². The summed E-state index contributed by atoms with van der Waals surface area (Å²) in [5.41, 5.74) is 4.29. The Morgan fingerprint density at radius 1 is 0.964 bits per heavy atom. The van der Waals surface area contributed by atoms with Gasteiger partial charge in [0.25, 0.3) is 5.91 Å². The molecule has 4 rings (SSSR count). The van der Waals surface area contributed by atoms with E-state index in [-0.39, 0.29) is 11.7 Å². The van der Waals surface area contributed by atoms with Crippen LogP contribution in [0.15, 0.2) is 48.5 Å². The van der Waals surface area contributed by atoms with Crippen molar-refractivity contribution in [2.45, 2.75) is 20.3 Å². The Balaban J connectivity index is 1.57. The lowest BCUT2D eigenvalue weighted by Gasteiger charge is -2.24. The highest BCUT2D eigenvalue weighted by atomic mass is 19.1. The quantitative estimate of drug-likeness (QED) is 0.666. The van der Waals surface area contributed by atoms with Crippen LogP contribution in [0, 0.1) is 19.7 Å². The van der Waals surface area contributed by atoms with Crippen LogP contribution in [0.4, 0.5) is 10.1 Å². The third-order valence-corrected chi connectivity index (χ3v) is 5.31. The van der Waals surface area contributed by atoms with Gasteiger partial charge in [0, 0.05) is 49.0 Å². The third-order valence-electron chi connectivity index (χ3n) is 5.31. The number of rotatable bonds is 2. The van der Waals surface area contributed by atoms with Gasteiger partial charge < -0.3 is 9.80 Å². The molecule has 1 saturated heterocycles. The normalized spacial score (nSPS) is 15.0. The van der Waals surface area contributed by atoms with Crippen LogP contribution in [-0.2, 0) is 0 Å². The predicted octanol–water partition coefficient (Wildman–Crippen LogP) is 4.34. The van der Waals surface area contributed by atoms with Gasteiger partial charge in [0.1, 0.15) is 5.82 Å². The van der Waals surface area contributed by atoms with E-state index in [1.807, 2.05) is 17.9 Å². The molecule has 144 valence electrons. The largest absolute Gasteiger partial charge is 0.370 e. The van der Waals surface area contributed by atoms with E-state index in [0.717, 1.165) is 25.2 Å². The molecule has 0 saturated carbocycles. The molecule has 5 heteroatoms. The number of amides is 1. The van der Waals surface area contributed by atoms with Gasteiger partial charge in [0.2, 0.25) is 0 Å². The number of aromatic nitrogens is 1. The van der Waals surface area contributed by atoms with Gasteiger partial charge in [-0.2, -0.15) is 0 Å². The second-order valence-corrected chi connectivity index (χ2v) is 7.44. The lowest BCUT2D eigenvalue weighted by atomic mass is 10.1. The topological polar surface area (TPSA) is 36.4 Å².